The van der Waals surface area contributed by atoms with Gasteiger partial charge in [0.25, 0.3) is 0 Å². The number of hydrogen-bond acceptors (Lipinski definition) is 4. The third kappa shape index (κ3) is 4.93. The van der Waals surface area contributed by atoms with Gasteiger partial charge in [-0.15, -0.1) is 11.3 Å². The lowest BCUT2D eigenvalue weighted by Crippen LogP contribution is -2.14. The molecule has 134 valence electrons. The normalized spacial score (nSPS) is 10.8. The number of amides is 1. The van der Waals surface area contributed by atoms with Crippen LogP contribution in [0.2, 0.25) is 15.1 Å². The molecule has 0 aliphatic heterocycles. The molecular weight excluding hydrogens is 431 g/mol. The van der Waals surface area contributed by atoms with Crippen molar-refractivity contribution in [2.75, 3.05) is 11.1 Å². The molecule has 26 heavy (non-hydrogen) atoms. The second-order valence-corrected chi connectivity index (χ2v) is 8.78. The Morgan fingerprint density at radius 1 is 1.15 bits per heavy atom. The minimum absolute atomic E-state index is 0.110. The first kappa shape index (κ1) is 19.5. The molecule has 3 aromatic rings. The summed E-state index contributed by atoms with van der Waals surface area (Å²) < 4.78 is 0.795. The van der Waals surface area contributed by atoms with E-state index in [9.17, 15) is 4.79 Å². The highest BCUT2D eigenvalue weighted by Gasteiger charge is 2.11. The third-order valence-corrected chi connectivity index (χ3v) is 6.29. The monoisotopic (exact) mass is 442 g/mol. The molecule has 0 spiro atoms. The van der Waals surface area contributed by atoms with E-state index >= 15 is 0 Å². The molecule has 1 aromatic heterocycles. The van der Waals surface area contributed by atoms with Crippen LogP contribution in [-0.2, 0) is 4.79 Å². The minimum Gasteiger partial charge on any atom is -0.325 e. The Kier molecular flexibility index (Phi) is 6.48. The van der Waals surface area contributed by atoms with Crippen LogP contribution < -0.4 is 5.32 Å². The molecule has 2 aromatic carbocycles. The molecule has 1 heterocycles. The Hall–Kier alpha value is -1.24. The van der Waals surface area contributed by atoms with Gasteiger partial charge in [0.15, 0.2) is 4.34 Å². The number of aromatic nitrogens is 1. The van der Waals surface area contributed by atoms with Gasteiger partial charge in [0, 0.05) is 26.7 Å². The van der Waals surface area contributed by atoms with Crippen LogP contribution in [0.5, 0.6) is 0 Å². The molecule has 3 rings (SSSR count). The highest BCUT2D eigenvalue weighted by atomic mass is 35.5. The number of aryl methyl sites for hydroxylation is 1. The number of nitrogens with zero attached hydrogens (tertiary/aromatic N) is 1. The average molecular weight is 444 g/mol. The zero-order chi connectivity index (χ0) is 18.7. The van der Waals surface area contributed by atoms with Gasteiger partial charge in [0.1, 0.15) is 0 Å². The van der Waals surface area contributed by atoms with Gasteiger partial charge in [-0.2, -0.15) is 0 Å². The van der Waals surface area contributed by atoms with E-state index in [0.29, 0.717) is 15.1 Å². The Balaban J connectivity index is 1.62. The molecule has 0 saturated heterocycles. The van der Waals surface area contributed by atoms with Crippen molar-refractivity contribution in [3.63, 3.8) is 0 Å². The zero-order valence-electron chi connectivity index (χ0n) is 13.6. The molecule has 0 aliphatic rings. The van der Waals surface area contributed by atoms with Crippen LogP contribution in [0, 0.1) is 6.92 Å². The SMILES string of the molecule is Cc1ccc(Cl)cc1NC(=O)CSc1nc(-c2ccc(Cl)cc2Cl)cs1. The first-order valence-electron chi connectivity index (χ1n) is 7.52. The maximum atomic E-state index is 12.2. The summed E-state index contributed by atoms with van der Waals surface area (Å²) in [6, 6.07) is 10.7. The number of thiazole rings is 1. The number of benzene rings is 2. The van der Waals surface area contributed by atoms with Gasteiger partial charge in [-0.1, -0.05) is 52.6 Å². The van der Waals surface area contributed by atoms with Gasteiger partial charge in [-0.25, -0.2) is 4.98 Å². The Bertz CT molecular complexity index is 959. The summed E-state index contributed by atoms with van der Waals surface area (Å²) in [6.07, 6.45) is 0. The lowest BCUT2D eigenvalue weighted by molar-refractivity contribution is -0.113. The van der Waals surface area contributed by atoms with Crippen LogP contribution >= 0.6 is 57.9 Å². The molecule has 0 atom stereocenters. The summed E-state index contributed by atoms with van der Waals surface area (Å²) in [5.41, 5.74) is 3.26. The highest BCUT2D eigenvalue weighted by molar-refractivity contribution is 8.01. The van der Waals surface area contributed by atoms with Gasteiger partial charge >= 0.3 is 0 Å². The fraction of sp³-hybridized carbons (Fsp3) is 0.111. The summed E-state index contributed by atoms with van der Waals surface area (Å²) >= 11 is 21.0. The number of carbonyl (C=O) groups is 1. The predicted octanol–water partition coefficient (Wildman–Crippen LogP) is 6.81. The number of thioether (sulfide) groups is 1. The number of nitrogens with one attached hydrogen (secondary N) is 1. The van der Waals surface area contributed by atoms with E-state index in [4.69, 9.17) is 34.8 Å². The van der Waals surface area contributed by atoms with Crippen molar-refractivity contribution in [2.45, 2.75) is 11.3 Å². The van der Waals surface area contributed by atoms with Crippen LogP contribution in [0.3, 0.4) is 0 Å². The van der Waals surface area contributed by atoms with Gasteiger partial charge in [0.2, 0.25) is 5.91 Å². The number of carbonyl (C=O) groups excluding carboxylic acids is 1. The van der Waals surface area contributed by atoms with E-state index in [2.05, 4.69) is 10.3 Å². The molecule has 3 nitrogen and oxygen atoms in total. The molecule has 0 aliphatic carbocycles. The van der Waals surface area contributed by atoms with Crippen molar-refractivity contribution in [2.24, 2.45) is 0 Å². The van der Waals surface area contributed by atoms with Crippen LogP contribution in [-0.4, -0.2) is 16.6 Å². The van der Waals surface area contributed by atoms with Crippen molar-refractivity contribution >= 4 is 69.5 Å². The number of rotatable bonds is 5. The van der Waals surface area contributed by atoms with Gasteiger partial charge in [-0.3, -0.25) is 4.79 Å². The van der Waals surface area contributed by atoms with Crippen LogP contribution in [0.4, 0.5) is 5.69 Å². The Morgan fingerprint density at radius 2 is 1.88 bits per heavy atom. The summed E-state index contributed by atoms with van der Waals surface area (Å²) in [5.74, 6) is 0.148. The van der Waals surface area contributed by atoms with E-state index in [0.717, 1.165) is 26.8 Å². The largest absolute Gasteiger partial charge is 0.325 e. The standard InChI is InChI=1S/C18H13Cl3N2OS2/c1-10-2-3-12(20)7-15(10)22-17(24)9-26-18-23-16(8-25-18)13-5-4-11(19)6-14(13)21/h2-8H,9H2,1H3,(H,22,24). The van der Waals surface area contributed by atoms with Gasteiger partial charge in [0.05, 0.1) is 16.5 Å². The molecule has 1 N–H and O–H groups in total. The first-order chi connectivity index (χ1) is 12.4. The smallest absolute Gasteiger partial charge is 0.234 e. The van der Waals surface area contributed by atoms with Crippen LogP contribution in [0.1, 0.15) is 5.56 Å². The van der Waals surface area contributed by atoms with Gasteiger partial charge < -0.3 is 5.32 Å². The fourth-order valence-corrected chi connectivity index (χ4v) is 4.49. The topological polar surface area (TPSA) is 42.0 Å². The summed E-state index contributed by atoms with van der Waals surface area (Å²) in [4.78, 5) is 16.7. The zero-order valence-corrected chi connectivity index (χ0v) is 17.5. The van der Waals surface area contributed by atoms with E-state index in [1.165, 1.54) is 23.1 Å². The summed E-state index contributed by atoms with van der Waals surface area (Å²) in [7, 11) is 0. The summed E-state index contributed by atoms with van der Waals surface area (Å²) in [5, 5.41) is 6.50. The highest BCUT2D eigenvalue weighted by Crippen LogP contribution is 2.33. The van der Waals surface area contributed by atoms with Crippen molar-refractivity contribution in [1.82, 2.24) is 4.98 Å². The van der Waals surface area contributed by atoms with E-state index in [1.807, 2.05) is 24.4 Å². The lowest BCUT2D eigenvalue weighted by Gasteiger charge is -2.08. The number of hydrogen-bond donors (Lipinski definition) is 1. The fourth-order valence-electron chi connectivity index (χ4n) is 2.19. The molecule has 0 saturated carbocycles. The predicted molar refractivity (Wildman–Crippen MR) is 113 cm³/mol. The maximum absolute atomic E-state index is 12.2. The van der Waals surface area contributed by atoms with Crippen molar-refractivity contribution < 1.29 is 4.79 Å². The van der Waals surface area contributed by atoms with Crippen LogP contribution in [0.15, 0.2) is 46.1 Å². The van der Waals surface area contributed by atoms with E-state index < -0.39 is 0 Å². The van der Waals surface area contributed by atoms with Gasteiger partial charge in [-0.05, 0) is 42.8 Å². The third-order valence-electron chi connectivity index (χ3n) is 3.49. The minimum atomic E-state index is -0.110. The first-order valence-corrected chi connectivity index (χ1v) is 10.5. The number of halogens is 3. The van der Waals surface area contributed by atoms with Crippen LogP contribution in [0.25, 0.3) is 11.3 Å². The summed E-state index contributed by atoms with van der Waals surface area (Å²) in [6.45, 7) is 1.92. The second kappa shape index (κ2) is 8.63. The molecular formula is C18H13Cl3N2OS2. The molecule has 8 heteroatoms. The number of anilines is 1. The molecule has 1 amide bonds. The quantitative estimate of drug-likeness (QED) is 0.440. The molecule has 0 fully saturated rings. The molecule has 0 bridgehead atoms. The van der Waals surface area contributed by atoms with Crippen molar-refractivity contribution in [3.8, 4) is 11.3 Å². The van der Waals surface area contributed by atoms with E-state index in [1.54, 1.807) is 24.3 Å². The van der Waals surface area contributed by atoms with E-state index in [-0.39, 0.29) is 11.7 Å². The molecule has 0 unspecified atom stereocenters. The van der Waals surface area contributed by atoms with Crippen molar-refractivity contribution in [3.05, 3.63) is 62.4 Å². The molecule has 0 radical (unpaired) electrons. The lowest BCUT2D eigenvalue weighted by atomic mass is 10.2. The maximum Gasteiger partial charge on any atom is 0.234 e. The Labute approximate surface area is 174 Å². The average Bonchev–Trinajstić information content (AvgIpc) is 3.05. The van der Waals surface area contributed by atoms with Crippen molar-refractivity contribution in [1.29, 1.82) is 0 Å². The second-order valence-electron chi connectivity index (χ2n) is 5.42. The Morgan fingerprint density at radius 3 is 2.65 bits per heavy atom.